The average Bonchev–Trinajstić information content (AvgIpc) is 3.31. The molecule has 0 aliphatic carbocycles. The minimum atomic E-state index is -0.116. The molecule has 0 saturated carbocycles. The molecule has 0 saturated heterocycles. The van der Waals surface area contributed by atoms with Gasteiger partial charge in [0.15, 0.2) is 5.16 Å². The highest BCUT2D eigenvalue weighted by Crippen LogP contribution is 2.27. The molecule has 0 atom stereocenters. The van der Waals surface area contributed by atoms with Crippen LogP contribution in [0.4, 0.5) is 0 Å². The first-order valence-electron chi connectivity index (χ1n) is 10.2. The lowest BCUT2D eigenvalue weighted by molar-refractivity contribution is 0.563. The van der Waals surface area contributed by atoms with Gasteiger partial charge in [-0.15, -0.1) is 0 Å². The van der Waals surface area contributed by atoms with E-state index in [-0.39, 0.29) is 5.56 Å². The van der Waals surface area contributed by atoms with E-state index < -0.39 is 0 Å². The molecule has 0 radical (unpaired) electrons. The zero-order valence-electron chi connectivity index (χ0n) is 16.8. The van der Waals surface area contributed by atoms with Crippen molar-refractivity contribution >= 4 is 39.1 Å². The molecule has 4 rings (SSSR count). The maximum atomic E-state index is 12.4. The number of hydrogen-bond donors (Lipinski definition) is 0. The van der Waals surface area contributed by atoms with Crippen molar-refractivity contribution in [2.75, 3.05) is 0 Å². The standard InChI is InChI=1S/C21H25N5OS2/c1-3-5-6-9-12-25-17-11-8-7-10-16(17)23-20(25)28-14-15-13-19(27)26-21(22-15)29-18(4-2)24-26/h7-8,10-11,13H,3-6,9,12,14H2,1-2H3. The second kappa shape index (κ2) is 9.09. The molecule has 6 nitrogen and oxygen atoms in total. The normalized spacial score (nSPS) is 11.7. The van der Waals surface area contributed by atoms with Gasteiger partial charge in [0.2, 0.25) is 4.96 Å². The lowest BCUT2D eigenvalue weighted by atomic mass is 10.2. The Hall–Kier alpha value is -2.19. The van der Waals surface area contributed by atoms with Gasteiger partial charge in [0.05, 0.1) is 16.7 Å². The first-order chi connectivity index (χ1) is 14.2. The molecule has 0 N–H and O–H groups in total. The summed E-state index contributed by atoms with van der Waals surface area (Å²) in [5.74, 6) is 0.614. The molecule has 8 heteroatoms. The maximum absolute atomic E-state index is 12.4. The fourth-order valence-corrected chi connectivity index (χ4v) is 5.12. The molecule has 4 aromatic rings. The van der Waals surface area contributed by atoms with E-state index in [2.05, 4.69) is 39.8 Å². The van der Waals surface area contributed by atoms with Gasteiger partial charge in [-0.1, -0.05) is 68.3 Å². The Kier molecular flexibility index (Phi) is 6.30. The Morgan fingerprint density at radius 2 is 1.97 bits per heavy atom. The van der Waals surface area contributed by atoms with Crippen LogP contribution < -0.4 is 5.56 Å². The zero-order chi connectivity index (χ0) is 20.2. The second-order valence-corrected chi connectivity index (χ2v) is 9.00. The lowest BCUT2D eigenvalue weighted by Gasteiger charge is -2.08. The number of unbranched alkanes of at least 4 members (excludes halogenated alkanes) is 3. The Bertz CT molecular complexity index is 1180. The van der Waals surface area contributed by atoms with E-state index in [1.165, 1.54) is 40.6 Å². The van der Waals surface area contributed by atoms with E-state index in [1.54, 1.807) is 17.8 Å². The van der Waals surface area contributed by atoms with Crippen molar-refractivity contribution in [3.05, 3.63) is 51.4 Å². The summed E-state index contributed by atoms with van der Waals surface area (Å²) in [5.41, 5.74) is 2.85. The molecular formula is C21H25N5OS2. The van der Waals surface area contributed by atoms with Crippen molar-refractivity contribution in [3.8, 4) is 0 Å². The Morgan fingerprint density at radius 3 is 2.79 bits per heavy atom. The predicted octanol–water partition coefficient (Wildman–Crippen LogP) is 4.94. The Balaban J connectivity index is 1.57. The fourth-order valence-electron chi connectivity index (χ4n) is 3.33. The molecule has 0 spiro atoms. The quantitative estimate of drug-likeness (QED) is 0.280. The van der Waals surface area contributed by atoms with Gasteiger partial charge in [-0.05, 0) is 25.0 Å². The number of rotatable bonds is 9. The van der Waals surface area contributed by atoms with Crippen molar-refractivity contribution in [1.29, 1.82) is 0 Å². The molecule has 1 aromatic carbocycles. The molecule has 152 valence electrons. The summed E-state index contributed by atoms with van der Waals surface area (Å²) in [7, 11) is 0. The van der Waals surface area contributed by atoms with Gasteiger partial charge in [0.1, 0.15) is 5.01 Å². The van der Waals surface area contributed by atoms with Crippen LogP contribution in [0, 0.1) is 0 Å². The summed E-state index contributed by atoms with van der Waals surface area (Å²) < 4.78 is 3.71. The van der Waals surface area contributed by atoms with E-state index in [4.69, 9.17) is 4.98 Å². The van der Waals surface area contributed by atoms with E-state index in [1.807, 2.05) is 13.0 Å². The smallest absolute Gasteiger partial charge is 0.275 e. The Labute approximate surface area is 178 Å². The summed E-state index contributed by atoms with van der Waals surface area (Å²) in [5, 5.41) is 6.23. The number of aryl methyl sites for hydroxylation is 2. The molecule has 0 fully saturated rings. The first-order valence-corrected chi connectivity index (χ1v) is 12.0. The first kappa shape index (κ1) is 20.1. The Morgan fingerprint density at radius 1 is 1.10 bits per heavy atom. The lowest BCUT2D eigenvalue weighted by Crippen LogP contribution is -2.15. The predicted molar refractivity (Wildman–Crippen MR) is 120 cm³/mol. The van der Waals surface area contributed by atoms with Gasteiger partial charge in [-0.2, -0.15) is 9.61 Å². The van der Waals surface area contributed by atoms with Crippen molar-refractivity contribution < 1.29 is 0 Å². The van der Waals surface area contributed by atoms with Crippen LogP contribution in [0.1, 0.15) is 50.2 Å². The highest BCUT2D eigenvalue weighted by molar-refractivity contribution is 7.98. The number of thioether (sulfide) groups is 1. The van der Waals surface area contributed by atoms with Gasteiger partial charge in [-0.3, -0.25) is 4.79 Å². The van der Waals surface area contributed by atoms with Crippen LogP contribution in [0.5, 0.6) is 0 Å². The summed E-state index contributed by atoms with van der Waals surface area (Å²) >= 11 is 3.13. The SMILES string of the molecule is CCCCCCn1c(SCc2cc(=O)n3nc(CC)sc3n2)nc2ccccc21. The number of hydrogen-bond acceptors (Lipinski definition) is 6. The number of nitrogens with zero attached hydrogens (tertiary/aromatic N) is 5. The number of fused-ring (bicyclic) bond motifs is 2. The zero-order valence-corrected chi connectivity index (χ0v) is 18.4. The number of imidazole rings is 1. The number of benzene rings is 1. The number of aromatic nitrogens is 5. The largest absolute Gasteiger partial charge is 0.319 e. The average molecular weight is 428 g/mol. The van der Waals surface area contributed by atoms with Gasteiger partial charge in [-0.25, -0.2) is 9.97 Å². The van der Waals surface area contributed by atoms with Gasteiger partial charge < -0.3 is 4.57 Å². The summed E-state index contributed by atoms with van der Waals surface area (Å²) in [6.45, 7) is 5.23. The minimum absolute atomic E-state index is 0.116. The van der Waals surface area contributed by atoms with E-state index in [0.29, 0.717) is 10.7 Å². The molecule has 29 heavy (non-hydrogen) atoms. The van der Waals surface area contributed by atoms with Crippen molar-refractivity contribution in [2.24, 2.45) is 0 Å². The van der Waals surface area contributed by atoms with E-state index in [0.717, 1.165) is 40.8 Å². The highest BCUT2D eigenvalue weighted by Gasteiger charge is 2.13. The van der Waals surface area contributed by atoms with Crippen LogP contribution in [0.2, 0.25) is 0 Å². The van der Waals surface area contributed by atoms with Gasteiger partial charge in [0.25, 0.3) is 5.56 Å². The molecule has 0 bridgehead atoms. The maximum Gasteiger partial charge on any atom is 0.275 e. The van der Waals surface area contributed by atoms with Crippen LogP contribution >= 0.6 is 23.1 Å². The van der Waals surface area contributed by atoms with Crippen LogP contribution in [-0.2, 0) is 18.7 Å². The van der Waals surface area contributed by atoms with E-state index in [9.17, 15) is 4.79 Å². The van der Waals surface area contributed by atoms with Gasteiger partial charge in [0, 0.05) is 18.4 Å². The number of para-hydroxylation sites is 2. The monoisotopic (exact) mass is 427 g/mol. The highest BCUT2D eigenvalue weighted by atomic mass is 32.2. The van der Waals surface area contributed by atoms with Crippen LogP contribution in [0.15, 0.2) is 40.3 Å². The summed E-state index contributed by atoms with van der Waals surface area (Å²) in [6, 6.07) is 9.87. The fraction of sp³-hybridized carbons (Fsp3) is 0.429. The third-order valence-electron chi connectivity index (χ3n) is 4.85. The third-order valence-corrected chi connectivity index (χ3v) is 6.91. The third kappa shape index (κ3) is 4.38. The molecular weight excluding hydrogens is 402 g/mol. The van der Waals surface area contributed by atoms with Crippen molar-refractivity contribution in [1.82, 2.24) is 24.1 Å². The van der Waals surface area contributed by atoms with Gasteiger partial charge >= 0.3 is 0 Å². The molecule has 0 aliphatic rings. The summed E-state index contributed by atoms with van der Waals surface area (Å²) in [6.07, 6.45) is 5.67. The van der Waals surface area contributed by atoms with Crippen LogP contribution in [0.25, 0.3) is 16.0 Å². The topological polar surface area (TPSA) is 65.1 Å². The van der Waals surface area contributed by atoms with E-state index >= 15 is 0 Å². The molecule has 0 amide bonds. The molecule has 0 aliphatic heterocycles. The van der Waals surface area contributed by atoms with Crippen molar-refractivity contribution in [3.63, 3.8) is 0 Å². The van der Waals surface area contributed by atoms with Crippen LogP contribution in [-0.4, -0.2) is 24.1 Å². The summed E-state index contributed by atoms with van der Waals surface area (Å²) in [4.78, 5) is 22.5. The van der Waals surface area contributed by atoms with Crippen molar-refractivity contribution in [2.45, 2.75) is 63.4 Å². The van der Waals surface area contributed by atoms with Crippen LogP contribution in [0.3, 0.4) is 0 Å². The second-order valence-electron chi connectivity index (χ2n) is 7.01. The minimum Gasteiger partial charge on any atom is -0.319 e. The molecule has 3 heterocycles. The molecule has 3 aromatic heterocycles. The molecule has 0 unspecified atom stereocenters.